The average molecular weight is 454 g/mol. The Morgan fingerprint density at radius 3 is 2.53 bits per heavy atom. The molecule has 0 bridgehead atoms. The van der Waals surface area contributed by atoms with Crippen LogP contribution >= 0.6 is 11.8 Å². The van der Waals surface area contributed by atoms with E-state index in [2.05, 4.69) is 27.4 Å². The molecule has 0 fully saturated rings. The van der Waals surface area contributed by atoms with Crippen molar-refractivity contribution in [3.63, 3.8) is 0 Å². The van der Waals surface area contributed by atoms with E-state index >= 15 is 0 Å². The second kappa shape index (κ2) is 11.8. The first-order valence-electron chi connectivity index (χ1n) is 10.1. The highest BCUT2D eigenvalue weighted by molar-refractivity contribution is 7.99. The summed E-state index contributed by atoms with van der Waals surface area (Å²) in [5, 5.41) is 14.5. The Morgan fingerprint density at radius 1 is 1.06 bits per heavy atom. The molecule has 166 valence electrons. The van der Waals surface area contributed by atoms with Crippen molar-refractivity contribution in [2.75, 3.05) is 12.3 Å². The summed E-state index contributed by atoms with van der Waals surface area (Å²) in [5.41, 5.74) is 1.52. The highest BCUT2D eigenvalue weighted by Gasteiger charge is 2.15. The number of nitrogens with one attached hydrogen (secondary N) is 2. The first-order chi connectivity index (χ1) is 15.6. The Hall–Kier alpha value is -3.46. The number of hydrogen-bond donors (Lipinski definition) is 2. The van der Waals surface area contributed by atoms with E-state index in [1.54, 1.807) is 10.6 Å². The van der Waals surface area contributed by atoms with Gasteiger partial charge in [0.1, 0.15) is 5.82 Å². The van der Waals surface area contributed by atoms with Crippen LogP contribution in [0, 0.1) is 5.82 Å². The first-order valence-corrected chi connectivity index (χ1v) is 11.1. The Labute approximate surface area is 190 Å². The maximum Gasteiger partial charge on any atom is 0.251 e. The van der Waals surface area contributed by atoms with Gasteiger partial charge < -0.3 is 15.2 Å². The lowest BCUT2D eigenvalue weighted by atomic mass is 10.1. The largest absolute Gasteiger partial charge is 0.355 e. The van der Waals surface area contributed by atoms with Crippen molar-refractivity contribution in [1.82, 2.24) is 25.4 Å². The number of halogens is 1. The van der Waals surface area contributed by atoms with Crippen LogP contribution in [0.3, 0.4) is 0 Å². The molecule has 9 heteroatoms. The number of nitrogens with zero attached hydrogens (tertiary/aromatic N) is 3. The van der Waals surface area contributed by atoms with Crippen LogP contribution < -0.4 is 10.6 Å². The number of hydrogen-bond acceptors (Lipinski definition) is 5. The highest BCUT2D eigenvalue weighted by Crippen LogP contribution is 2.17. The Kier molecular flexibility index (Phi) is 8.56. The summed E-state index contributed by atoms with van der Waals surface area (Å²) in [6.07, 6.45) is 2.46. The monoisotopic (exact) mass is 453 g/mol. The van der Waals surface area contributed by atoms with Gasteiger partial charge in [-0.15, -0.1) is 16.8 Å². The fourth-order valence-electron chi connectivity index (χ4n) is 2.90. The Morgan fingerprint density at radius 2 is 1.81 bits per heavy atom. The van der Waals surface area contributed by atoms with E-state index in [-0.39, 0.29) is 24.1 Å². The number of aromatic nitrogens is 3. The van der Waals surface area contributed by atoms with Crippen LogP contribution in [0.25, 0.3) is 0 Å². The molecular formula is C23H24FN5O2S. The van der Waals surface area contributed by atoms with E-state index < -0.39 is 5.82 Å². The number of carbonyl (C=O) groups is 2. The van der Waals surface area contributed by atoms with Gasteiger partial charge >= 0.3 is 0 Å². The normalized spacial score (nSPS) is 10.5. The molecule has 0 aliphatic rings. The molecule has 0 saturated carbocycles. The van der Waals surface area contributed by atoms with Crippen molar-refractivity contribution in [3.05, 3.63) is 90.0 Å². The van der Waals surface area contributed by atoms with Gasteiger partial charge in [0.25, 0.3) is 5.91 Å². The van der Waals surface area contributed by atoms with Gasteiger partial charge in [0, 0.05) is 18.7 Å². The molecule has 3 aromatic rings. The zero-order chi connectivity index (χ0) is 22.8. The number of allylic oxidation sites excluding steroid dienone is 1. The van der Waals surface area contributed by atoms with Crippen LogP contribution in [0.1, 0.15) is 21.7 Å². The SMILES string of the molecule is C=CCn1c(CNC(=O)c2ccc(F)cc2)nnc1SCC(=O)NCCc1ccccc1. The number of rotatable bonds is 11. The molecule has 0 saturated heterocycles. The summed E-state index contributed by atoms with van der Waals surface area (Å²) in [6, 6.07) is 15.2. The molecule has 0 aliphatic heterocycles. The van der Waals surface area contributed by atoms with Gasteiger partial charge in [-0.1, -0.05) is 48.2 Å². The number of thioether (sulfide) groups is 1. The van der Waals surface area contributed by atoms with Crippen molar-refractivity contribution < 1.29 is 14.0 Å². The Bertz CT molecular complexity index is 1050. The predicted octanol–water partition coefficient (Wildman–Crippen LogP) is 2.98. The van der Waals surface area contributed by atoms with Crippen molar-refractivity contribution in [1.29, 1.82) is 0 Å². The minimum atomic E-state index is -0.405. The molecule has 0 aliphatic carbocycles. The number of benzene rings is 2. The number of carbonyl (C=O) groups excluding carboxylic acids is 2. The minimum Gasteiger partial charge on any atom is -0.355 e. The zero-order valence-corrected chi connectivity index (χ0v) is 18.3. The van der Waals surface area contributed by atoms with E-state index in [0.29, 0.717) is 29.6 Å². The zero-order valence-electron chi connectivity index (χ0n) is 17.5. The van der Waals surface area contributed by atoms with Gasteiger partial charge in [-0.2, -0.15) is 0 Å². The standard InChI is InChI=1S/C23H24FN5O2S/c1-2-14-29-20(15-26-22(31)18-8-10-19(24)11-9-18)27-28-23(29)32-16-21(30)25-13-12-17-6-4-3-5-7-17/h2-11H,1,12-16H2,(H,25,30)(H,26,31). The molecule has 0 atom stereocenters. The van der Waals surface area contributed by atoms with Gasteiger partial charge in [0.05, 0.1) is 12.3 Å². The predicted molar refractivity (Wildman–Crippen MR) is 122 cm³/mol. The lowest BCUT2D eigenvalue weighted by molar-refractivity contribution is -0.118. The van der Waals surface area contributed by atoms with Crippen molar-refractivity contribution in [2.45, 2.75) is 24.7 Å². The highest BCUT2D eigenvalue weighted by atomic mass is 32.2. The maximum atomic E-state index is 13.0. The smallest absolute Gasteiger partial charge is 0.251 e. The van der Waals surface area contributed by atoms with E-state index in [0.717, 1.165) is 6.42 Å². The fraction of sp³-hybridized carbons (Fsp3) is 0.217. The van der Waals surface area contributed by atoms with Crippen molar-refractivity contribution in [2.24, 2.45) is 0 Å². The summed E-state index contributed by atoms with van der Waals surface area (Å²) in [5.74, 6) is -0.104. The molecule has 3 rings (SSSR count). The fourth-order valence-corrected chi connectivity index (χ4v) is 3.70. The molecule has 0 radical (unpaired) electrons. The second-order valence-electron chi connectivity index (χ2n) is 6.86. The van der Waals surface area contributed by atoms with Crippen LogP contribution in [-0.4, -0.2) is 38.9 Å². The van der Waals surface area contributed by atoms with E-state index in [9.17, 15) is 14.0 Å². The quantitative estimate of drug-likeness (QED) is 0.344. The van der Waals surface area contributed by atoms with Gasteiger partial charge in [0.15, 0.2) is 11.0 Å². The summed E-state index contributed by atoms with van der Waals surface area (Å²) in [7, 11) is 0. The second-order valence-corrected chi connectivity index (χ2v) is 7.80. The van der Waals surface area contributed by atoms with Crippen LogP contribution in [0.4, 0.5) is 4.39 Å². The molecule has 1 heterocycles. The third-order valence-electron chi connectivity index (χ3n) is 4.53. The van der Waals surface area contributed by atoms with E-state index in [1.807, 2.05) is 30.3 Å². The molecule has 7 nitrogen and oxygen atoms in total. The van der Waals surface area contributed by atoms with Gasteiger partial charge in [-0.25, -0.2) is 4.39 Å². The summed E-state index contributed by atoms with van der Waals surface area (Å²) in [6.45, 7) is 4.88. The molecule has 1 aromatic heterocycles. The summed E-state index contributed by atoms with van der Waals surface area (Å²) in [4.78, 5) is 24.4. The Balaban J connectivity index is 1.51. The van der Waals surface area contributed by atoms with Crippen LogP contribution in [0.2, 0.25) is 0 Å². The lowest BCUT2D eigenvalue weighted by Gasteiger charge is -2.09. The number of amides is 2. The minimum absolute atomic E-state index is 0.0924. The summed E-state index contributed by atoms with van der Waals surface area (Å²) < 4.78 is 14.8. The summed E-state index contributed by atoms with van der Waals surface area (Å²) >= 11 is 1.27. The lowest BCUT2D eigenvalue weighted by Crippen LogP contribution is -2.27. The molecule has 2 amide bonds. The van der Waals surface area contributed by atoms with Crippen molar-refractivity contribution in [3.8, 4) is 0 Å². The third kappa shape index (κ3) is 6.78. The van der Waals surface area contributed by atoms with Crippen LogP contribution in [0.5, 0.6) is 0 Å². The van der Waals surface area contributed by atoms with E-state index in [1.165, 1.54) is 41.6 Å². The third-order valence-corrected chi connectivity index (χ3v) is 5.50. The average Bonchev–Trinajstić information content (AvgIpc) is 3.19. The molecule has 2 N–H and O–H groups in total. The molecule has 32 heavy (non-hydrogen) atoms. The molecule has 0 spiro atoms. The van der Waals surface area contributed by atoms with Gasteiger partial charge in [-0.3, -0.25) is 9.59 Å². The van der Waals surface area contributed by atoms with Gasteiger partial charge in [0.2, 0.25) is 5.91 Å². The first kappa shape index (κ1) is 23.2. The van der Waals surface area contributed by atoms with Crippen molar-refractivity contribution >= 4 is 23.6 Å². The van der Waals surface area contributed by atoms with Crippen LogP contribution in [0.15, 0.2) is 72.4 Å². The van der Waals surface area contributed by atoms with Gasteiger partial charge in [-0.05, 0) is 36.2 Å². The molecule has 2 aromatic carbocycles. The van der Waals surface area contributed by atoms with Crippen LogP contribution in [-0.2, 0) is 24.3 Å². The molecule has 0 unspecified atom stereocenters. The molecular weight excluding hydrogens is 429 g/mol. The topological polar surface area (TPSA) is 88.9 Å². The van der Waals surface area contributed by atoms with E-state index in [4.69, 9.17) is 0 Å². The maximum absolute atomic E-state index is 13.0.